The van der Waals surface area contributed by atoms with Crippen molar-refractivity contribution < 1.29 is 29.1 Å². The highest BCUT2D eigenvalue weighted by Gasteiger charge is 2.38. The Hall–Kier alpha value is -2.34. The molecule has 0 saturated carbocycles. The van der Waals surface area contributed by atoms with Gasteiger partial charge in [-0.15, -0.1) is 0 Å². The number of thioether (sulfide) groups is 1. The molecule has 4 amide bonds. The van der Waals surface area contributed by atoms with Crippen molar-refractivity contribution >= 4 is 41.4 Å². The minimum atomic E-state index is -1.14. The molecule has 0 spiro atoms. The van der Waals surface area contributed by atoms with Gasteiger partial charge in [-0.1, -0.05) is 13.8 Å². The molecule has 1 saturated heterocycles. The zero-order valence-corrected chi connectivity index (χ0v) is 19.7. The van der Waals surface area contributed by atoms with E-state index in [1.165, 1.54) is 16.7 Å². The van der Waals surface area contributed by atoms with Crippen molar-refractivity contribution in [2.75, 3.05) is 18.6 Å². The maximum Gasteiger partial charge on any atom is 0.326 e. The first-order valence-corrected chi connectivity index (χ1v) is 12.1. The van der Waals surface area contributed by atoms with Gasteiger partial charge in [-0.25, -0.2) is 4.79 Å². The highest BCUT2D eigenvalue weighted by atomic mass is 32.2. The van der Waals surface area contributed by atoms with Gasteiger partial charge in [0, 0.05) is 13.0 Å². The van der Waals surface area contributed by atoms with Gasteiger partial charge in [-0.05, 0) is 43.6 Å². The molecular weight excluding hydrogens is 438 g/mol. The molecule has 7 N–H and O–H groups in total. The van der Waals surface area contributed by atoms with E-state index >= 15 is 0 Å². The number of carbonyl (C=O) groups excluding carboxylic acids is 4. The number of carbonyl (C=O) groups is 5. The first-order chi connectivity index (χ1) is 15.0. The van der Waals surface area contributed by atoms with Crippen molar-refractivity contribution in [1.82, 2.24) is 15.5 Å². The van der Waals surface area contributed by atoms with Crippen LogP contribution in [0, 0.1) is 5.92 Å². The average molecular weight is 474 g/mol. The lowest BCUT2D eigenvalue weighted by Gasteiger charge is -2.29. The number of nitrogens with zero attached hydrogens (tertiary/aromatic N) is 1. The largest absolute Gasteiger partial charge is 0.480 e. The monoisotopic (exact) mass is 473 g/mol. The van der Waals surface area contributed by atoms with Gasteiger partial charge in [0.15, 0.2) is 0 Å². The normalized spacial score (nSPS) is 18.7. The Bertz CT molecular complexity index is 704. The van der Waals surface area contributed by atoms with E-state index in [1.54, 1.807) is 13.8 Å². The van der Waals surface area contributed by atoms with Crippen LogP contribution in [0.5, 0.6) is 0 Å². The van der Waals surface area contributed by atoms with Crippen molar-refractivity contribution in [3.63, 3.8) is 0 Å². The number of rotatable bonds is 13. The van der Waals surface area contributed by atoms with E-state index in [-0.39, 0.29) is 25.2 Å². The highest BCUT2D eigenvalue weighted by Crippen LogP contribution is 2.20. The number of nitrogens with two attached hydrogens (primary N) is 2. The summed E-state index contributed by atoms with van der Waals surface area (Å²) in [5.74, 6) is -2.98. The van der Waals surface area contributed by atoms with Crippen LogP contribution in [0.3, 0.4) is 0 Å². The van der Waals surface area contributed by atoms with E-state index in [1.807, 2.05) is 6.26 Å². The third-order valence-electron chi connectivity index (χ3n) is 5.33. The molecule has 182 valence electrons. The molecule has 1 aliphatic heterocycles. The molecule has 4 atom stereocenters. The summed E-state index contributed by atoms with van der Waals surface area (Å²) in [6.45, 7) is 3.81. The minimum Gasteiger partial charge on any atom is -0.480 e. The summed E-state index contributed by atoms with van der Waals surface area (Å²) in [5.41, 5.74) is 11.0. The maximum absolute atomic E-state index is 12.9. The molecule has 0 aromatic heterocycles. The predicted molar refractivity (Wildman–Crippen MR) is 120 cm³/mol. The number of aliphatic carboxylic acids is 1. The summed E-state index contributed by atoms with van der Waals surface area (Å²) in [4.78, 5) is 62.1. The number of carboxylic acids is 1. The molecule has 1 rings (SSSR count). The zero-order valence-electron chi connectivity index (χ0n) is 18.8. The van der Waals surface area contributed by atoms with E-state index in [4.69, 9.17) is 11.5 Å². The van der Waals surface area contributed by atoms with Gasteiger partial charge < -0.3 is 32.1 Å². The SMILES string of the molecule is CSCCC(NC(=O)C(NC(=O)C1CCCN1C(=O)C(N)CCC(N)=O)C(C)C)C(=O)O. The van der Waals surface area contributed by atoms with Crippen molar-refractivity contribution in [2.24, 2.45) is 17.4 Å². The quantitative estimate of drug-likeness (QED) is 0.226. The molecule has 0 aromatic carbocycles. The number of nitrogens with one attached hydrogen (secondary N) is 2. The third kappa shape index (κ3) is 8.30. The zero-order chi connectivity index (χ0) is 24.4. The fourth-order valence-corrected chi connectivity index (χ4v) is 3.95. The fourth-order valence-electron chi connectivity index (χ4n) is 3.48. The number of carboxylic acid groups (broad SMARTS) is 1. The molecule has 1 aliphatic rings. The fraction of sp³-hybridized carbons (Fsp3) is 0.750. The van der Waals surface area contributed by atoms with Gasteiger partial charge in [0.05, 0.1) is 6.04 Å². The first-order valence-electron chi connectivity index (χ1n) is 10.7. The molecule has 11 nitrogen and oxygen atoms in total. The van der Waals surface area contributed by atoms with Gasteiger partial charge in [0.25, 0.3) is 0 Å². The molecule has 0 aromatic rings. The Morgan fingerprint density at radius 1 is 1.16 bits per heavy atom. The smallest absolute Gasteiger partial charge is 0.326 e. The number of likely N-dealkylation sites (tertiary alicyclic amines) is 1. The Labute approximate surface area is 192 Å². The molecule has 1 fully saturated rings. The van der Waals surface area contributed by atoms with E-state index in [2.05, 4.69) is 10.6 Å². The summed E-state index contributed by atoms with van der Waals surface area (Å²) >= 11 is 1.47. The lowest BCUT2D eigenvalue weighted by Crippen LogP contribution is -2.58. The Kier molecular flexibility index (Phi) is 11.5. The van der Waals surface area contributed by atoms with E-state index in [9.17, 15) is 29.1 Å². The number of primary amides is 1. The molecule has 32 heavy (non-hydrogen) atoms. The minimum absolute atomic E-state index is 0.0332. The summed E-state index contributed by atoms with van der Waals surface area (Å²) in [7, 11) is 0. The van der Waals surface area contributed by atoms with Crippen LogP contribution in [0.2, 0.25) is 0 Å². The van der Waals surface area contributed by atoms with Crippen molar-refractivity contribution in [1.29, 1.82) is 0 Å². The van der Waals surface area contributed by atoms with Crippen molar-refractivity contribution in [2.45, 2.75) is 70.1 Å². The lowest BCUT2D eigenvalue weighted by molar-refractivity contribution is -0.143. The topological polar surface area (TPSA) is 185 Å². The number of hydrogen-bond acceptors (Lipinski definition) is 7. The molecule has 0 aliphatic carbocycles. The van der Waals surface area contributed by atoms with Gasteiger partial charge in [0.2, 0.25) is 23.6 Å². The molecule has 0 radical (unpaired) electrons. The van der Waals surface area contributed by atoms with Crippen molar-refractivity contribution in [3.8, 4) is 0 Å². The van der Waals surface area contributed by atoms with Crippen molar-refractivity contribution in [3.05, 3.63) is 0 Å². The molecular formula is C20H35N5O6S. The lowest BCUT2D eigenvalue weighted by atomic mass is 10.0. The summed E-state index contributed by atoms with van der Waals surface area (Å²) in [6, 6.07) is -3.75. The second kappa shape index (κ2) is 13.3. The van der Waals surface area contributed by atoms with Gasteiger partial charge in [-0.3, -0.25) is 19.2 Å². The third-order valence-corrected chi connectivity index (χ3v) is 5.97. The Balaban J connectivity index is 2.83. The number of hydrogen-bond donors (Lipinski definition) is 5. The van der Waals surface area contributed by atoms with Crippen LogP contribution in [-0.4, -0.2) is 82.3 Å². The maximum atomic E-state index is 12.9. The Morgan fingerprint density at radius 2 is 1.81 bits per heavy atom. The summed E-state index contributed by atoms with van der Waals surface area (Å²) < 4.78 is 0. The number of amides is 4. The standard InChI is InChI=1S/C20H35N5O6S/c1-11(2)16(18(28)23-13(20(30)31)8-10-32-3)24-17(27)14-5-4-9-25(14)19(29)12(21)6-7-15(22)26/h11-14,16H,4-10,21H2,1-3H3,(H2,22,26)(H,23,28)(H,24,27)(H,30,31). The van der Waals surface area contributed by atoms with E-state index in [0.717, 1.165) is 0 Å². The summed E-state index contributed by atoms with van der Waals surface area (Å²) in [5, 5.41) is 14.5. The van der Waals surface area contributed by atoms with Crippen LogP contribution in [0.4, 0.5) is 0 Å². The molecule has 12 heteroatoms. The first kappa shape index (κ1) is 27.7. The van der Waals surface area contributed by atoms with Gasteiger partial charge in [-0.2, -0.15) is 11.8 Å². The second-order valence-corrected chi connectivity index (χ2v) is 9.20. The predicted octanol–water partition coefficient (Wildman–Crippen LogP) is -0.966. The molecule has 0 bridgehead atoms. The van der Waals surface area contributed by atoms with Crippen LogP contribution >= 0.6 is 11.8 Å². The molecule has 4 unspecified atom stereocenters. The van der Waals surface area contributed by atoms with Crippen LogP contribution in [-0.2, 0) is 24.0 Å². The van der Waals surface area contributed by atoms with Gasteiger partial charge >= 0.3 is 5.97 Å². The second-order valence-electron chi connectivity index (χ2n) is 8.21. The van der Waals surface area contributed by atoms with Gasteiger partial charge in [0.1, 0.15) is 18.1 Å². The Morgan fingerprint density at radius 3 is 2.34 bits per heavy atom. The van der Waals surface area contributed by atoms with E-state index < -0.39 is 53.8 Å². The summed E-state index contributed by atoms with van der Waals surface area (Å²) in [6.07, 6.45) is 3.16. The van der Waals surface area contributed by atoms with E-state index in [0.29, 0.717) is 25.1 Å². The molecule has 1 heterocycles. The van der Waals surface area contributed by atoms with Crippen LogP contribution in [0.15, 0.2) is 0 Å². The highest BCUT2D eigenvalue weighted by molar-refractivity contribution is 7.98. The van der Waals surface area contributed by atoms with Crippen LogP contribution in [0.1, 0.15) is 46.0 Å². The average Bonchev–Trinajstić information content (AvgIpc) is 3.21. The van der Waals surface area contributed by atoms with Crippen LogP contribution in [0.25, 0.3) is 0 Å². The van der Waals surface area contributed by atoms with Crippen LogP contribution < -0.4 is 22.1 Å².